The third-order valence-corrected chi connectivity index (χ3v) is 6.55. The molecule has 8 nitrogen and oxygen atoms in total. The van der Waals surface area contributed by atoms with Crippen LogP contribution in [0.2, 0.25) is 0 Å². The number of rotatable bonds is 7. The van der Waals surface area contributed by atoms with Gasteiger partial charge in [0.1, 0.15) is 0 Å². The first-order valence-electron chi connectivity index (χ1n) is 9.69. The fraction of sp³-hybridized carbons (Fsp3) is 0.526. The van der Waals surface area contributed by atoms with Crippen LogP contribution in [0.4, 0.5) is 5.69 Å². The lowest BCUT2D eigenvalue weighted by molar-refractivity contribution is -0.144. The number of carbonyl (C=O) groups excluding carboxylic acids is 2. The molecule has 1 aliphatic heterocycles. The van der Waals surface area contributed by atoms with Crippen LogP contribution in [0.3, 0.4) is 0 Å². The second-order valence-corrected chi connectivity index (χ2v) is 9.00. The van der Waals surface area contributed by atoms with Crippen LogP contribution >= 0.6 is 12.2 Å². The molecule has 2 N–H and O–H groups in total. The monoisotopic (exact) mass is 441 g/mol. The third-order valence-electron chi connectivity index (χ3n) is 4.43. The number of esters is 1. The Bertz CT molecular complexity index is 817. The summed E-state index contributed by atoms with van der Waals surface area (Å²) in [5, 5.41) is 5.38. The lowest BCUT2D eigenvalue weighted by Gasteiger charge is -2.20. The molecule has 1 fully saturated rings. The van der Waals surface area contributed by atoms with E-state index >= 15 is 0 Å². The van der Waals surface area contributed by atoms with Crippen LogP contribution in [0.25, 0.3) is 0 Å². The first-order chi connectivity index (χ1) is 13.8. The van der Waals surface area contributed by atoms with E-state index in [-0.39, 0.29) is 29.5 Å². The number of thiocarbonyl (C=S) groups is 1. The van der Waals surface area contributed by atoms with Gasteiger partial charge < -0.3 is 15.4 Å². The molecule has 0 saturated carbocycles. The fourth-order valence-electron chi connectivity index (χ4n) is 2.94. The van der Waals surface area contributed by atoms with Gasteiger partial charge in [-0.2, -0.15) is 4.31 Å². The maximum atomic E-state index is 12.8. The van der Waals surface area contributed by atoms with Crippen molar-refractivity contribution in [3.63, 3.8) is 0 Å². The SMILES string of the molecule is CCOC(=O)CCC(=O)NC(=S)Nc1ccc(S(=O)(=O)N2CCCCCC2)cc1. The van der Waals surface area contributed by atoms with Crippen molar-refractivity contribution in [3.8, 4) is 0 Å². The van der Waals surface area contributed by atoms with Gasteiger partial charge in [-0.3, -0.25) is 9.59 Å². The molecule has 1 saturated heterocycles. The van der Waals surface area contributed by atoms with Crippen LogP contribution in [-0.2, 0) is 24.3 Å². The number of nitrogens with zero attached hydrogens (tertiary/aromatic N) is 1. The van der Waals surface area contributed by atoms with Crippen molar-refractivity contribution in [1.82, 2.24) is 9.62 Å². The maximum Gasteiger partial charge on any atom is 0.306 e. The largest absolute Gasteiger partial charge is 0.466 e. The Labute approximate surface area is 177 Å². The van der Waals surface area contributed by atoms with E-state index in [0.29, 0.717) is 18.8 Å². The quantitative estimate of drug-likeness (QED) is 0.494. The summed E-state index contributed by atoms with van der Waals surface area (Å²) >= 11 is 5.08. The van der Waals surface area contributed by atoms with E-state index in [1.54, 1.807) is 19.1 Å². The number of hydrogen-bond acceptors (Lipinski definition) is 6. The van der Waals surface area contributed by atoms with Gasteiger partial charge in [0.15, 0.2) is 5.11 Å². The van der Waals surface area contributed by atoms with E-state index in [1.807, 2.05) is 0 Å². The van der Waals surface area contributed by atoms with E-state index < -0.39 is 21.9 Å². The summed E-state index contributed by atoms with van der Waals surface area (Å²) in [6.07, 6.45) is 3.81. The van der Waals surface area contributed by atoms with E-state index in [4.69, 9.17) is 17.0 Å². The number of benzene rings is 1. The summed E-state index contributed by atoms with van der Waals surface area (Å²) < 4.78 is 31.9. The molecule has 0 unspecified atom stereocenters. The minimum absolute atomic E-state index is 0.0225. The van der Waals surface area contributed by atoms with Gasteiger partial charge in [-0.25, -0.2) is 8.42 Å². The van der Waals surface area contributed by atoms with Crippen LogP contribution in [0.1, 0.15) is 45.4 Å². The molecule has 2 rings (SSSR count). The molecule has 0 aromatic heterocycles. The number of sulfonamides is 1. The normalized spacial score (nSPS) is 15.2. The second-order valence-electron chi connectivity index (χ2n) is 6.65. The molecule has 10 heteroatoms. The van der Waals surface area contributed by atoms with Crippen LogP contribution in [0.15, 0.2) is 29.2 Å². The fourth-order valence-corrected chi connectivity index (χ4v) is 4.69. The van der Waals surface area contributed by atoms with Crippen molar-refractivity contribution in [1.29, 1.82) is 0 Å². The highest BCUT2D eigenvalue weighted by Gasteiger charge is 2.24. The average Bonchev–Trinajstić information content (AvgIpc) is 2.97. The van der Waals surface area contributed by atoms with Gasteiger partial charge in [-0.1, -0.05) is 12.8 Å². The number of amides is 1. The van der Waals surface area contributed by atoms with Gasteiger partial charge in [-0.05, 0) is 56.2 Å². The Morgan fingerprint density at radius 2 is 1.69 bits per heavy atom. The van der Waals surface area contributed by atoms with Gasteiger partial charge in [0.05, 0.1) is 17.9 Å². The third kappa shape index (κ3) is 7.37. The molecule has 0 radical (unpaired) electrons. The van der Waals surface area contributed by atoms with Crippen molar-refractivity contribution in [2.75, 3.05) is 25.0 Å². The summed E-state index contributed by atoms with van der Waals surface area (Å²) in [5.41, 5.74) is 0.551. The topological polar surface area (TPSA) is 105 Å². The molecule has 1 heterocycles. The second kappa shape index (κ2) is 11.2. The molecule has 1 aromatic rings. The molecule has 0 spiro atoms. The minimum Gasteiger partial charge on any atom is -0.466 e. The van der Waals surface area contributed by atoms with Crippen molar-refractivity contribution in [2.24, 2.45) is 0 Å². The molecule has 0 bridgehead atoms. The summed E-state index contributed by atoms with van der Waals surface area (Å²) in [6, 6.07) is 6.24. The standard InChI is InChI=1S/C19H27N3O5S2/c1-2-27-18(24)12-11-17(23)21-19(28)20-15-7-9-16(10-8-15)29(25,26)22-13-5-3-4-6-14-22/h7-10H,2-6,11-14H2,1H3,(H2,20,21,23,28). The van der Waals surface area contributed by atoms with Gasteiger partial charge in [0.2, 0.25) is 15.9 Å². The van der Waals surface area contributed by atoms with Gasteiger partial charge in [0, 0.05) is 25.2 Å². The zero-order valence-electron chi connectivity index (χ0n) is 16.5. The zero-order valence-corrected chi connectivity index (χ0v) is 18.1. The van der Waals surface area contributed by atoms with Crippen molar-refractivity contribution in [3.05, 3.63) is 24.3 Å². The highest BCUT2D eigenvalue weighted by Crippen LogP contribution is 2.21. The van der Waals surface area contributed by atoms with Crippen LogP contribution in [0.5, 0.6) is 0 Å². The molecular formula is C19H27N3O5S2. The summed E-state index contributed by atoms with van der Waals surface area (Å²) in [7, 11) is -3.51. The smallest absolute Gasteiger partial charge is 0.306 e. The van der Waals surface area contributed by atoms with Crippen molar-refractivity contribution >= 4 is 44.9 Å². The number of anilines is 1. The Hall–Kier alpha value is -2.04. The predicted octanol–water partition coefficient (Wildman–Crippen LogP) is 2.41. The number of ether oxygens (including phenoxy) is 1. The predicted molar refractivity (Wildman–Crippen MR) is 114 cm³/mol. The van der Waals surface area contributed by atoms with Gasteiger partial charge >= 0.3 is 5.97 Å². The van der Waals surface area contributed by atoms with E-state index in [2.05, 4.69) is 10.6 Å². The molecule has 160 valence electrons. The highest BCUT2D eigenvalue weighted by atomic mass is 32.2. The lowest BCUT2D eigenvalue weighted by atomic mass is 10.2. The number of hydrogen-bond donors (Lipinski definition) is 2. The Morgan fingerprint density at radius 1 is 1.07 bits per heavy atom. The highest BCUT2D eigenvalue weighted by molar-refractivity contribution is 7.89. The molecule has 1 amide bonds. The minimum atomic E-state index is -3.51. The summed E-state index contributed by atoms with van der Waals surface area (Å²) in [5.74, 6) is -0.848. The Kier molecular flexibility index (Phi) is 8.99. The van der Waals surface area contributed by atoms with Gasteiger partial charge in [0.25, 0.3) is 0 Å². The summed E-state index contributed by atoms with van der Waals surface area (Å²) in [4.78, 5) is 23.3. The lowest BCUT2D eigenvalue weighted by Crippen LogP contribution is -2.34. The maximum absolute atomic E-state index is 12.8. The van der Waals surface area contributed by atoms with Crippen molar-refractivity contribution in [2.45, 2.75) is 50.3 Å². The number of carbonyl (C=O) groups is 2. The van der Waals surface area contributed by atoms with E-state index in [1.165, 1.54) is 16.4 Å². The molecule has 0 atom stereocenters. The van der Waals surface area contributed by atoms with Crippen molar-refractivity contribution < 1.29 is 22.7 Å². The van der Waals surface area contributed by atoms with E-state index in [9.17, 15) is 18.0 Å². The first kappa shape index (κ1) is 23.2. The molecule has 29 heavy (non-hydrogen) atoms. The summed E-state index contributed by atoms with van der Waals surface area (Å²) in [6.45, 7) is 3.06. The van der Waals surface area contributed by atoms with Crippen LogP contribution < -0.4 is 10.6 Å². The Morgan fingerprint density at radius 3 is 2.28 bits per heavy atom. The van der Waals surface area contributed by atoms with Crippen LogP contribution in [0, 0.1) is 0 Å². The van der Waals surface area contributed by atoms with Gasteiger partial charge in [-0.15, -0.1) is 0 Å². The molecule has 1 aliphatic rings. The van der Waals surface area contributed by atoms with E-state index in [0.717, 1.165) is 25.7 Å². The molecule has 0 aliphatic carbocycles. The molecule has 1 aromatic carbocycles. The van der Waals surface area contributed by atoms with Crippen LogP contribution in [-0.4, -0.2) is 49.4 Å². The molecular weight excluding hydrogens is 414 g/mol. The average molecular weight is 442 g/mol. The number of nitrogens with one attached hydrogen (secondary N) is 2. The zero-order chi connectivity index (χ0) is 21.3. The Balaban J connectivity index is 1.88. The first-order valence-corrected chi connectivity index (χ1v) is 11.5.